The molecule has 8 heteroatoms. The number of benzene rings is 2. The maximum atomic E-state index is 12.5. The van der Waals surface area contributed by atoms with Gasteiger partial charge in [0.1, 0.15) is 5.82 Å². The predicted octanol–water partition coefficient (Wildman–Crippen LogP) is 3.22. The molecule has 0 amide bonds. The number of fused-ring (bicyclic) bond motifs is 1. The van der Waals surface area contributed by atoms with Crippen LogP contribution < -0.4 is 19.5 Å². The third-order valence-corrected chi connectivity index (χ3v) is 5.37. The third-order valence-electron chi connectivity index (χ3n) is 3.99. The summed E-state index contributed by atoms with van der Waals surface area (Å²) in [6, 6.07) is 17.8. The quantitative estimate of drug-likeness (QED) is 0.679. The van der Waals surface area contributed by atoms with Crippen molar-refractivity contribution in [2.45, 2.75) is 11.4 Å². The minimum absolute atomic E-state index is 0.0909. The molecule has 2 aromatic carbocycles. The molecule has 1 aliphatic heterocycles. The molecule has 0 radical (unpaired) electrons. The summed E-state index contributed by atoms with van der Waals surface area (Å²) in [5, 5.41) is 3.19. The Labute approximate surface area is 157 Å². The standard InChI is InChI=1S/C19H17N3O4S/c23-27(24,16-7-8-17-18(10-16)26-13-25-17)22-15-6-9-19(21-12-15)20-11-14-4-2-1-3-5-14/h1-10,12,22H,11,13H2,(H,20,21). The van der Waals surface area contributed by atoms with Crippen LogP contribution in [0.4, 0.5) is 11.5 Å². The van der Waals surface area contributed by atoms with E-state index in [0.29, 0.717) is 29.5 Å². The summed E-state index contributed by atoms with van der Waals surface area (Å²) in [4.78, 5) is 4.34. The zero-order chi connectivity index (χ0) is 18.7. The van der Waals surface area contributed by atoms with Crippen molar-refractivity contribution in [3.63, 3.8) is 0 Å². The van der Waals surface area contributed by atoms with Crippen molar-refractivity contribution in [1.82, 2.24) is 4.98 Å². The van der Waals surface area contributed by atoms with Gasteiger partial charge in [0, 0.05) is 12.6 Å². The summed E-state index contributed by atoms with van der Waals surface area (Å²) in [7, 11) is -3.75. The van der Waals surface area contributed by atoms with Crippen molar-refractivity contribution in [1.29, 1.82) is 0 Å². The summed E-state index contributed by atoms with van der Waals surface area (Å²) in [6.45, 7) is 0.726. The lowest BCUT2D eigenvalue weighted by Crippen LogP contribution is -2.13. The molecule has 0 aliphatic carbocycles. The van der Waals surface area contributed by atoms with Gasteiger partial charge in [-0.3, -0.25) is 4.72 Å². The lowest BCUT2D eigenvalue weighted by Gasteiger charge is -2.10. The van der Waals surface area contributed by atoms with Gasteiger partial charge < -0.3 is 14.8 Å². The average Bonchev–Trinajstić information content (AvgIpc) is 3.16. The van der Waals surface area contributed by atoms with Crippen LogP contribution in [0.3, 0.4) is 0 Å². The number of sulfonamides is 1. The van der Waals surface area contributed by atoms with Crippen LogP contribution in [0.15, 0.2) is 71.8 Å². The zero-order valence-corrected chi connectivity index (χ0v) is 15.1. The second-order valence-corrected chi connectivity index (χ2v) is 7.57. The van der Waals surface area contributed by atoms with E-state index in [2.05, 4.69) is 15.0 Å². The summed E-state index contributed by atoms with van der Waals surface area (Å²) in [6.07, 6.45) is 1.47. The van der Waals surface area contributed by atoms with Crippen molar-refractivity contribution < 1.29 is 17.9 Å². The minimum Gasteiger partial charge on any atom is -0.454 e. The van der Waals surface area contributed by atoms with Crippen LogP contribution in [0.25, 0.3) is 0 Å². The van der Waals surface area contributed by atoms with Gasteiger partial charge in [-0.25, -0.2) is 13.4 Å². The molecule has 3 aromatic rings. The molecule has 0 bridgehead atoms. The van der Waals surface area contributed by atoms with Crippen LogP contribution >= 0.6 is 0 Å². The second-order valence-electron chi connectivity index (χ2n) is 5.89. The highest BCUT2D eigenvalue weighted by atomic mass is 32.2. The summed E-state index contributed by atoms with van der Waals surface area (Å²) in [5.41, 5.74) is 1.50. The molecule has 2 N–H and O–H groups in total. The number of hydrogen-bond donors (Lipinski definition) is 2. The Morgan fingerprint density at radius 2 is 1.78 bits per heavy atom. The van der Waals surface area contributed by atoms with Crippen LogP contribution in [0, 0.1) is 0 Å². The van der Waals surface area contributed by atoms with E-state index in [1.54, 1.807) is 18.2 Å². The van der Waals surface area contributed by atoms with Crippen molar-refractivity contribution >= 4 is 21.5 Å². The molecule has 0 saturated heterocycles. The fourth-order valence-corrected chi connectivity index (χ4v) is 3.66. The lowest BCUT2D eigenvalue weighted by molar-refractivity contribution is 0.174. The van der Waals surface area contributed by atoms with Crippen LogP contribution in [0.2, 0.25) is 0 Å². The van der Waals surface area contributed by atoms with Gasteiger partial charge in [-0.1, -0.05) is 30.3 Å². The molecular formula is C19H17N3O4S. The van der Waals surface area contributed by atoms with Crippen LogP contribution in [-0.4, -0.2) is 20.2 Å². The predicted molar refractivity (Wildman–Crippen MR) is 101 cm³/mol. The molecule has 0 atom stereocenters. The van der Waals surface area contributed by atoms with Crippen molar-refractivity contribution in [2.75, 3.05) is 16.8 Å². The third kappa shape index (κ3) is 3.95. The first-order valence-corrected chi connectivity index (χ1v) is 9.75. The van der Waals surface area contributed by atoms with Crippen LogP contribution in [-0.2, 0) is 16.6 Å². The highest BCUT2D eigenvalue weighted by molar-refractivity contribution is 7.92. The molecule has 0 fully saturated rings. The Morgan fingerprint density at radius 1 is 0.963 bits per heavy atom. The number of nitrogens with one attached hydrogen (secondary N) is 2. The number of rotatable bonds is 6. The Bertz CT molecular complexity index is 1040. The molecule has 7 nitrogen and oxygen atoms in total. The van der Waals surface area contributed by atoms with E-state index in [4.69, 9.17) is 9.47 Å². The number of anilines is 2. The van der Waals surface area contributed by atoms with Gasteiger partial charge in [0.05, 0.1) is 16.8 Å². The number of aromatic nitrogens is 1. The highest BCUT2D eigenvalue weighted by Crippen LogP contribution is 2.34. The van der Waals surface area contributed by atoms with Gasteiger partial charge in [-0.05, 0) is 29.8 Å². The van der Waals surface area contributed by atoms with E-state index in [1.165, 1.54) is 18.3 Å². The Hall–Kier alpha value is -3.26. The average molecular weight is 383 g/mol. The normalized spacial score (nSPS) is 12.6. The number of ether oxygens (including phenoxy) is 2. The van der Waals surface area contributed by atoms with Crippen LogP contribution in [0.5, 0.6) is 11.5 Å². The molecule has 0 spiro atoms. The van der Waals surface area contributed by atoms with E-state index < -0.39 is 10.0 Å². The fraction of sp³-hybridized carbons (Fsp3) is 0.105. The molecule has 2 heterocycles. The number of hydrogen-bond acceptors (Lipinski definition) is 6. The molecule has 1 aliphatic rings. The summed E-state index contributed by atoms with van der Waals surface area (Å²) >= 11 is 0. The first kappa shape index (κ1) is 17.2. The lowest BCUT2D eigenvalue weighted by atomic mass is 10.2. The van der Waals surface area contributed by atoms with E-state index >= 15 is 0 Å². The van der Waals surface area contributed by atoms with E-state index in [9.17, 15) is 8.42 Å². The van der Waals surface area contributed by atoms with Gasteiger partial charge in [-0.2, -0.15) is 0 Å². The zero-order valence-electron chi connectivity index (χ0n) is 14.3. The molecular weight excluding hydrogens is 366 g/mol. The maximum Gasteiger partial charge on any atom is 0.262 e. The summed E-state index contributed by atoms with van der Waals surface area (Å²) < 4.78 is 38.0. The first-order chi connectivity index (χ1) is 13.1. The van der Waals surface area contributed by atoms with Crippen molar-refractivity contribution in [2.24, 2.45) is 0 Å². The Balaban J connectivity index is 1.43. The van der Waals surface area contributed by atoms with Gasteiger partial charge >= 0.3 is 0 Å². The highest BCUT2D eigenvalue weighted by Gasteiger charge is 2.20. The minimum atomic E-state index is -3.75. The maximum absolute atomic E-state index is 12.5. The largest absolute Gasteiger partial charge is 0.454 e. The molecule has 0 unspecified atom stereocenters. The second kappa shape index (κ2) is 7.16. The SMILES string of the molecule is O=S(=O)(Nc1ccc(NCc2ccccc2)nc1)c1ccc2c(c1)OCO2. The van der Waals surface area contributed by atoms with Gasteiger partial charge in [0.25, 0.3) is 10.0 Å². The van der Waals surface area contributed by atoms with E-state index in [1.807, 2.05) is 30.3 Å². The topological polar surface area (TPSA) is 89.6 Å². The number of pyridine rings is 1. The monoisotopic (exact) mass is 383 g/mol. The first-order valence-electron chi connectivity index (χ1n) is 8.26. The Kier molecular flexibility index (Phi) is 4.55. The number of nitrogens with zero attached hydrogens (tertiary/aromatic N) is 1. The molecule has 138 valence electrons. The van der Waals surface area contributed by atoms with Gasteiger partial charge in [-0.15, -0.1) is 0 Å². The molecule has 4 rings (SSSR count). The summed E-state index contributed by atoms with van der Waals surface area (Å²) in [5.74, 6) is 1.60. The van der Waals surface area contributed by atoms with Crippen molar-refractivity contribution in [3.05, 3.63) is 72.4 Å². The molecule has 0 saturated carbocycles. The Morgan fingerprint density at radius 3 is 2.56 bits per heavy atom. The van der Waals surface area contributed by atoms with E-state index in [0.717, 1.165) is 5.56 Å². The van der Waals surface area contributed by atoms with Crippen LogP contribution in [0.1, 0.15) is 5.56 Å². The smallest absolute Gasteiger partial charge is 0.262 e. The van der Waals surface area contributed by atoms with Gasteiger partial charge in [0.2, 0.25) is 6.79 Å². The molecule has 1 aromatic heterocycles. The molecule has 27 heavy (non-hydrogen) atoms. The van der Waals surface area contributed by atoms with Crippen molar-refractivity contribution in [3.8, 4) is 11.5 Å². The van der Waals surface area contributed by atoms with Gasteiger partial charge in [0.15, 0.2) is 11.5 Å². The van der Waals surface area contributed by atoms with E-state index in [-0.39, 0.29) is 11.7 Å². The fourth-order valence-electron chi connectivity index (χ4n) is 2.61.